The van der Waals surface area contributed by atoms with Gasteiger partial charge in [0.25, 0.3) is 23.6 Å². The van der Waals surface area contributed by atoms with Gasteiger partial charge in [-0.25, -0.2) is 19.2 Å². The molecule has 2 saturated heterocycles. The molecule has 0 aliphatic carbocycles. The van der Waals surface area contributed by atoms with Crippen molar-refractivity contribution in [1.29, 1.82) is 0 Å². The lowest BCUT2D eigenvalue weighted by Gasteiger charge is -2.53. The first-order chi connectivity index (χ1) is 39.9. The first-order valence-corrected chi connectivity index (χ1v) is 29.8. The molecule has 0 spiro atoms. The Morgan fingerprint density at radius 3 is 1.12 bits per heavy atom. The Bertz CT molecular complexity index is 3340. The number of amides is 4. The summed E-state index contributed by atoms with van der Waals surface area (Å²) < 4.78 is 59.2. The lowest BCUT2D eigenvalue weighted by Crippen LogP contribution is -2.72. The Labute approximate surface area is 479 Å². The number of benzene rings is 6. The molecule has 0 saturated carbocycles. The predicted octanol–water partition coefficient (Wildman–Crippen LogP) is 8.35. The highest BCUT2D eigenvalue weighted by atomic mass is 28.4. The zero-order valence-corrected chi connectivity index (χ0v) is 47.2. The van der Waals surface area contributed by atoms with E-state index in [1.807, 2.05) is 33.9 Å². The molecule has 0 bridgehead atoms. The summed E-state index contributed by atoms with van der Waals surface area (Å²) in [5.74, 6) is -6.82. The number of nitrogens with zero attached hydrogens (tertiary/aromatic N) is 2. The molecule has 428 valence electrons. The van der Waals surface area contributed by atoms with Gasteiger partial charge >= 0.3 is 23.9 Å². The van der Waals surface area contributed by atoms with Gasteiger partial charge in [0, 0.05) is 7.11 Å². The van der Waals surface area contributed by atoms with Crippen LogP contribution in [0.2, 0.25) is 18.1 Å². The van der Waals surface area contributed by atoms with E-state index in [2.05, 4.69) is 0 Å². The number of ether oxygens (including phenoxy) is 8. The van der Waals surface area contributed by atoms with Crippen LogP contribution in [0.3, 0.4) is 0 Å². The van der Waals surface area contributed by atoms with Crippen LogP contribution < -0.4 is 0 Å². The van der Waals surface area contributed by atoms with Crippen molar-refractivity contribution < 1.29 is 80.7 Å². The first kappa shape index (κ1) is 57.7. The van der Waals surface area contributed by atoms with Gasteiger partial charge < -0.3 is 42.3 Å². The van der Waals surface area contributed by atoms with E-state index in [-0.39, 0.29) is 44.5 Å². The minimum atomic E-state index is -3.11. The molecular formula is C63H60N2O17Si. The van der Waals surface area contributed by atoms with Crippen LogP contribution in [0.4, 0.5) is 0 Å². The minimum absolute atomic E-state index is 0.0137. The molecule has 6 aromatic rings. The molecule has 20 heteroatoms. The number of carbonyl (C=O) groups is 8. The van der Waals surface area contributed by atoms with E-state index in [1.165, 1.54) is 67.8 Å². The highest BCUT2D eigenvalue weighted by molar-refractivity contribution is 6.74. The molecule has 2 fully saturated rings. The second-order valence-corrected chi connectivity index (χ2v) is 26.5. The van der Waals surface area contributed by atoms with Gasteiger partial charge in [-0.05, 0) is 90.9 Å². The van der Waals surface area contributed by atoms with Gasteiger partial charge in [0.2, 0.25) is 0 Å². The molecule has 0 aromatic heterocycles. The molecule has 4 heterocycles. The van der Waals surface area contributed by atoms with Crippen molar-refractivity contribution in [1.82, 2.24) is 9.80 Å². The van der Waals surface area contributed by atoms with Crippen molar-refractivity contribution in [3.05, 3.63) is 214 Å². The second kappa shape index (κ2) is 24.1. The molecule has 10 unspecified atom stereocenters. The van der Waals surface area contributed by atoms with Gasteiger partial charge in [-0.15, -0.1) is 0 Å². The fourth-order valence-electron chi connectivity index (χ4n) is 10.3. The van der Waals surface area contributed by atoms with Crippen molar-refractivity contribution in [3.63, 3.8) is 0 Å². The van der Waals surface area contributed by atoms with Crippen LogP contribution in [0.25, 0.3) is 0 Å². The number of carbonyl (C=O) groups excluding carboxylic acids is 8. The summed E-state index contributed by atoms with van der Waals surface area (Å²) >= 11 is 0. The van der Waals surface area contributed by atoms with Gasteiger partial charge in [-0.2, -0.15) is 0 Å². The predicted molar refractivity (Wildman–Crippen MR) is 297 cm³/mol. The van der Waals surface area contributed by atoms with Crippen LogP contribution in [0.15, 0.2) is 170 Å². The Hall–Kier alpha value is -8.50. The highest BCUT2D eigenvalue weighted by Gasteiger charge is 2.62. The third-order valence-corrected chi connectivity index (χ3v) is 20.0. The number of esters is 4. The number of methoxy groups -OCH3 is 1. The normalized spacial score (nSPS) is 24.2. The zero-order valence-electron chi connectivity index (χ0n) is 46.2. The third-order valence-electron chi connectivity index (χ3n) is 15.5. The van der Waals surface area contributed by atoms with Crippen LogP contribution in [-0.4, -0.2) is 147 Å². The fraction of sp³-hybridized carbons (Fsp3) is 0.302. The van der Waals surface area contributed by atoms with E-state index in [9.17, 15) is 28.8 Å². The van der Waals surface area contributed by atoms with E-state index in [4.69, 9.17) is 42.3 Å². The average molecular weight is 1150 g/mol. The Balaban J connectivity index is 1.17. The lowest BCUT2D eigenvalue weighted by molar-refractivity contribution is -0.336. The average Bonchev–Trinajstić information content (AvgIpc) is 2.60. The monoisotopic (exact) mass is 1140 g/mol. The van der Waals surface area contributed by atoms with Crippen molar-refractivity contribution in [2.45, 2.75) is 100 Å². The third kappa shape index (κ3) is 11.7. The quantitative estimate of drug-likeness (QED) is 0.0362. The molecule has 0 radical (unpaired) electrons. The van der Waals surface area contributed by atoms with Crippen LogP contribution in [0.1, 0.15) is 104 Å². The number of imide groups is 2. The molecule has 4 amide bonds. The molecule has 10 rings (SSSR count). The molecule has 6 aromatic carbocycles. The van der Waals surface area contributed by atoms with E-state index in [0.29, 0.717) is 0 Å². The lowest BCUT2D eigenvalue weighted by atomic mass is 9.92. The maximum absolute atomic E-state index is 15.2. The summed E-state index contributed by atoms with van der Waals surface area (Å²) in [6.45, 7) is 8.44. The van der Waals surface area contributed by atoms with Gasteiger partial charge in [-0.3, -0.25) is 29.0 Å². The first-order valence-electron chi connectivity index (χ1n) is 26.9. The van der Waals surface area contributed by atoms with Crippen molar-refractivity contribution in [2.24, 2.45) is 0 Å². The van der Waals surface area contributed by atoms with Crippen LogP contribution in [-0.2, 0) is 42.3 Å². The number of rotatable bonds is 17. The number of hydrogen-bond acceptors (Lipinski definition) is 17. The smallest absolute Gasteiger partial charge is 0.338 e. The molecule has 83 heavy (non-hydrogen) atoms. The van der Waals surface area contributed by atoms with Gasteiger partial charge in [-0.1, -0.05) is 118 Å². The summed E-state index contributed by atoms with van der Waals surface area (Å²) in [5, 5.41) is -0.554. The maximum atomic E-state index is 15.2. The van der Waals surface area contributed by atoms with Crippen LogP contribution in [0, 0.1) is 0 Å². The van der Waals surface area contributed by atoms with Crippen molar-refractivity contribution >= 4 is 55.8 Å². The Morgan fingerprint density at radius 1 is 0.446 bits per heavy atom. The SMILES string of the molecule is COC1OC(COC(=O)c2ccccc2)C(OC2OC(COC(=O)c3ccccc3)C(O[Si](C)(C)C(C)(C)C)C(OC(=O)c3ccccc3)C2N2C(=O)c3ccccc3C2=O)C(OC(=O)c2ccccc2)C1N1C(=O)c2ccccc2C1=O. The highest BCUT2D eigenvalue weighted by Crippen LogP contribution is 2.44. The van der Waals surface area contributed by atoms with Gasteiger partial charge in [0.1, 0.15) is 49.7 Å². The standard InChI is InChI=1S/C63H60N2O17Si/c1-63(2,3)83(5,6)82-50-46(36-76-58(71)38-25-13-8-14-26-38)78-62(48(52(50)80-60(73)40-29-17-10-18-30-40)65-55(68)43-33-21-22-34-44(43)56(65)69)81-49-45(35-75-57(70)37-23-11-7-12-24-37)77-61(74-4)47(51(49)79-59(72)39-27-15-9-16-28-39)64-53(66)41-31-19-20-32-42(41)54(64)67/h7-34,45-52,61-62H,35-36H2,1-6H3. The maximum Gasteiger partial charge on any atom is 0.338 e. The van der Waals surface area contributed by atoms with Gasteiger partial charge in [0.05, 0.1) is 44.5 Å². The molecule has 0 N–H and O–H groups in total. The van der Waals surface area contributed by atoms with E-state index < -0.39 is 135 Å². The van der Waals surface area contributed by atoms with Crippen LogP contribution in [0.5, 0.6) is 0 Å². The molecule has 10 atom stereocenters. The minimum Gasteiger partial charge on any atom is -0.459 e. The summed E-state index contributed by atoms with van der Waals surface area (Å²) in [4.78, 5) is 119. The van der Waals surface area contributed by atoms with E-state index in [0.717, 1.165) is 9.80 Å². The van der Waals surface area contributed by atoms with Crippen molar-refractivity contribution in [2.75, 3.05) is 20.3 Å². The van der Waals surface area contributed by atoms with Gasteiger partial charge in [0.15, 0.2) is 33.1 Å². The molecule has 4 aliphatic rings. The summed E-state index contributed by atoms with van der Waals surface area (Å²) in [6, 6.07) is 40.4. The topological polar surface area (TPSA) is 226 Å². The Kier molecular flexibility index (Phi) is 16.8. The van der Waals surface area contributed by atoms with E-state index >= 15 is 9.59 Å². The van der Waals surface area contributed by atoms with E-state index in [1.54, 1.807) is 109 Å². The van der Waals surface area contributed by atoms with Crippen LogP contribution >= 0.6 is 0 Å². The number of fused-ring (bicyclic) bond motifs is 2. The molecular weight excluding hydrogens is 1080 g/mol. The second-order valence-electron chi connectivity index (χ2n) is 21.7. The fourth-order valence-corrected chi connectivity index (χ4v) is 11.6. The molecule has 4 aliphatic heterocycles. The summed E-state index contributed by atoms with van der Waals surface area (Å²) in [6.07, 6.45) is -13.7. The largest absolute Gasteiger partial charge is 0.459 e. The number of hydrogen-bond donors (Lipinski definition) is 0. The zero-order chi connectivity index (χ0) is 58.7. The molecule has 19 nitrogen and oxygen atoms in total. The Morgan fingerprint density at radius 2 is 0.759 bits per heavy atom. The van der Waals surface area contributed by atoms with Crippen molar-refractivity contribution in [3.8, 4) is 0 Å². The summed E-state index contributed by atoms with van der Waals surface area (Å²) in [7, 11) is -1.87. The summed E-state index contributed by atoms with van der Waals surface area (Å²) in [5.41, 5.74) is 0.417.